The lowest BCUT2D eigenvalue weighted by Gasteiger charge is -2.12. The lowest BCUT2D eigenvalue weighted by Crippen LogP contribution is -2.16. The molecule has 3 aromatic carbocycles. The standard InChI is InChI=1S/C24H17N3O4/c28-23(27-30)19-14-18(31-15-16-6-2-1-3-7-16)11-13-21(19)26-24(29)22-12-10-17-8-4-5-9-20(17)25-22/h1-14H,15H2,(H,26,29). The smallest absolute Gasteiger partial charge is 0.319 e. The van der Waals surface area contributed by atoms with E-state index < -0.39 is 11.8 Å². The Morgan fingerprint density at radius 2 is 1.68 bits per heavy atom. The predicted octanol–water partition coefficient (Wildman–Crippen LogP) is 4.97. The Bertz CT molecular complexity index is 1270. The Hall–Kier alpha value is -4.39. The normalized spacial score (nSPS) is 10.5. The van der Waals surface area contributed by atoms with Gasteiger partial charge in [0.2, 0.25) is 0 Å². The van der Waals surface area contributed by atoms with Crippen molar-refractivity contribution in [2.24, 2.45) is 5.18 Å². The van der Waals surface area contributed by atoms with Crippen LogP contribution in [-0.2, 0) is 6.61 Å². The summed E-state index contributed by atoms with van der Waals surface area (Å²) in [4.78, 5) is 40.0. The summed E-state index contributed by atoms with van der Waals surface area (Å²) < 4.78 is 5.70. The number of carbonyl (C=O) groups excluding carboxylic acids is 2. The molecule has 4 rings (SSSR count). The van der Waals surface area contributed by atoms with Crippen molar-refractivity contribution in [2.75, 3.05) is 5.32 Å². The highest BCUT2D eigenvalue weighted by Crippen LogP contribution is 2.25. The predicted molar refractivity (Wildman–Crippen MR) is 117 cm³/mol. The van der Waals surface area contributed by atoms with Crippen molar-refractivity contribution < 1.29 is 14.3 Å². The second kappa shape index (κ2) is 8.96. The first-order chi connectivity index (χ1) is 15.1. The maximum atomic E-state index is 12.7. The molecule has 0 unspecified atom stereocenters. The molecule has 1 aromatic heterocycles. The summed E-state index contributed by atoms with van der Waals surface area (Å²) in [5.74, 6) is -1.15. The van der Waals surface area contributed by atoms with Crippen molar-refractivity contribution in [1.82, 2.24) is 4.98 Å². The fourth-order valence-corrected chi connectivity index (χ4v) is 3.07. The van der Waals surface area contributed by atoms with E-state index in [1.807, 2.05) is 48.5 Å². The van der Waals surface area contributed by atoms with Gasteiger partial charge in [-0.05, 0) is 35.9 Å². The van der Waals surface area contributed by atoms with E-state index in [4.69, 9.17) is 4.74 Å². The highest BCUT2D eigenvalue weighted by molar-refractivity contribution is 6.09. The summed E-state index contributed by atoms with van der Waals surface area (Å²) in [6.07, 6.45) is 0. The number of benzene rings is 3. The number of aromatic nitrogens is 1. The maximum Gasteiger partial charge on any atom is 0.319 e. The molecule has 0 radical (unpaired) electrons. The van der Waals surface area contributed by atoms with Gasteiger partial charge in [-0.3, -0.25) is 9.59 Å². The van der Waals surface area contributed by atoms with E-state index in [0.717, 1.165) is 10.9 Å². The fraction of sp³-hybridized carbons (Fsp3) is 0.0417. The third kappa shape index (κ3) is 4.62. The minimum atomic E-state index is -1.01. The van der Waals surface area contributed by atoms with E-state index in [9.17, 15) is 14.5 Å². The van der Waals surface area contributed by atoms with Crippen LogP contribution in [0.3, 0.4) is 0 Å². The summed E-state index contributed by atoms with van der Waals surface area (Å²) in [6, 6.07) is 24.8. The van der Waals surface area contributed by atoms with Crippen LogP contribution in [0, 0.1) is 4.91 Å². The van der Waals surface area contributed by atoms with Crippen LogP contribution in [0.15, 0.2) is 90.1 Å². The van der Waals surface area contributed by atoms with Gasteiger partial charge in [0.05, 0.1) is 16.8 Å². The summed E-state index contributed by atoms with van der Waals surface area (Å²) in [5, 5.41) is 6.02. The first kappa shape index (κ1) is 19.9. The number of pyridine rings is 1. The third-order valence-electron chi connectivity index (χ3n) is 4.63. The zero-order valence-electron chi connectivity index (χ0n) is 16.3. The number of anilines is 1. The Morgan fingerprint density at radius 1 is 0.903 bits per heavy atom. The van der Waals surface area contributed by atoms with Crippen LogP contribution in [0.2, 0.25) is 0 Å². The molecule has 0 aliphatic carbocycles. The Kier molecular flexibility index (Phi) is 5.75. The molecular weight excluding hydrogens is 394 g/mol. The monoisotopic (exact) mass is 411 g/mol. The molecule has 31 heavy (non-hydrogen) atoms. The zero-order chi connectivity index (χ0) is 21.6. The molecule has 7 heteroatoms. The number of hydrogen-bond donors (Lipinski definition) is 1. The second-order valence-corrected chi connectivity index (χ2v) is 6.72. The molecule has 0 bridgehead atoms. The number of amides is 2. The molecule has 1 N–H and O–H groups in total. The average Bonchev–Trinajstić information content (AvgIpc) is 2.83. The lowest BCUT2D eigenvalue weighted by molar-refractivity contribution is 0.100. The van der Waals surface area contributed by atoms with E-state index in [2.05, 4.69) is 15.5 Å². The minimum Gasteiger partial charge on any atom is -0.489 e. The number of nitrogens with one attached hydrogen (secondary N) is 1. The average molecular weight is 411 g/mol. The van der Waals surface area contributed by atoms with Gasteiger partial charge in [-0.1, -0.05) is 54.6 Å². The van der Waals surface area contributed by atoms with Gasteiger partial charge in [0.1, 0.15) is 18.1 Å². The molecule has 2 amide bonds. The van der Waals surface area contributed by atoms with E-state index in [0.29, 0.717) is 11.3 Å². The number of ether oxygens (including phenoxy) is 1. The summed E-state index contributed by atoms with van der Waals surface area (Å²) >= 11 is 0. The van der Waals surface area contributed by atoms with Gasteiger partial charge >= 0.3 is 5.91 Å². The topological polar surface area (TPSA) is 97.7 Å². The Labute approximate surface area is 177 Å². The summed E-state index contributed by atoms with van der Waals surface area (Å²) in [6.45, 7) is 0.287. The van der Waals surface area contributed by atoms with E-state index in [-0.39, 0.29) is 23.6 Å². The van der Waals surface area contributed by atoms with Crippen molar-refractivity contribution >= 4 is 28.4 Å². The molecule has 0 saturated heterocycles. The SMILES string of the molecule is O=NC(=O)c1cc(OCc2ccccc2)ccc1NC(=O)c1ccc2ccccc2n1. The number of nitrogens with zero attached hydrogens (tertiary/aromatic N) is 2. The van der Waals surface area contributed by atoms with Crippen molar-refractivity contribution in [3.8, 4) is 5.75 Å². The molecular formula is C24H17N3O4. The first-order valence-corrected chi connectivity index (χ1v) is 9.49. The zero-order valence-corrected chi connectivity index (χ0v) is 16.3. The van der Waals surface area contributed by atoms with E-state index >= 15 is 0 Å². The molecule has 0 fully saturated rings. The Morgan fingerprint density at radius 3 is 2.48 bits per heavy atom. The van der Waals surface area contributed by atoms with Crippen molar-refractivity contribution in [3.05, 3.63) is 107 Å². The van der Waals surface area contributed by atoms with Gasteiger partial charge in [-0.15, -0.1) is 4.91 Å². The number of para-hydroxylation sites is 1. The molecule has 0 saturated carbocycles. The van der Waals surface area contributed by atoms with E-state index in [1.54, 1.807) is 24.3 Å². The highest BCUT2D eigenvalue weighted by Gasteiger charge is 2.17. The third-order valence-corrected chi connectivity index (χ3v) is 4.63. The molecule has 4 aromatic rings. The number of fused-ring (bicyclic) bond motifs is 1. The van der Waals surface area contributed by atoms with Gasteiger partial charge < -0.3 is 10.1 Å². The van der Waals surface area contributed by atoms with Crippen molar-refractivity contribution in [1.29, 1.82) is 0 Å². The maximum absolute atomic E-state index is 12.7. The highest BCUT2D eigenvalue weighted by atomic mass is 16.5. The van der Waals surface area contributed by atoms with Crippen LogP contribution in [0.5, 0.6) is 5.75 Å². The number of nitroso groups, excluding NO2 is 1. The quantitative estimate of drug-likeness (QED) is 0.452. The molecule has 1 heterocycles. The summed E-state index contributed by atoms with van der Waals surface area (Å²) in [7, 11) is 0. The molecule has 0 aliphatic heterocycles. The number of rotatable bonds is 6. The molecule has 0 atom stereocenters. The van der Waals surface area contributed by atoms with Crippen molar-refractivity contribution in [3.63, 3.8) is 0 Å². The van der Waals surface area contributed by atoms with E-state index in [1.165, 1.54) is 12.1 Å². The molecule has 7 nitrogen and oxygen atoms in total. The number of carbonyl (C=O) groups is 2. The summed E-state index contributed by atoms with van der Waals surface area (Å²) in [5.41, 5.74) is 1.89. The first-order valence-electron chi connectivity index (χ1n) is 9.49. The van der Waals surface area contributed by atoms with Crippen LogP contribution in [0.4, 0.5) is 5.69 Å². The van der Waals surface area contributed by atoms with Crippen molar-refractivity contribution in [2.45, 2.75) is 6.61 Å². The minimum absolute atomic E-state index is 0.0605. The number of hydrogen-bond acceptors (Lipinski definition) is 5. The second-order valence-electron chi connectivity index (χ2n) is 6.72. The largest absolute Gasteiger partial charge is 0.489 e. The lowest BCUT2D eigenvalue weighted by atomic mass is 10.1. The van der Waals surface area contributed by atoms with Gasteiger partial charge in [0, 0.05) is 10.6 Å². The van der Waals surface area contributed by atoms with Crippen LogP contribution >= 0.6 is 0 Å². The fourth-order valence-electron chi connectivity index (χ4n) is 3.07. The van der Waals surface area contributed by atoms with Gasteiger partial charge in [0.25, 0.3) is 5.91 Å². The molecule has 152 valence electrons. The molecule has 0 spiro atoms. The van der Waals surface area contributed by atoms with Crippen LogP contribution in [0.25, 0.3) is 10.9 Å². The van der Waals surface area contributed by atoms with Crippen LogP contribution in [0.1, 0.15) is 26.4 Å². The Balaban J connectivity index is 1.56. The van der Waals surface area contributed by atoms with Crippen LogP contribution in [-0.4, -0.2) is 16.8 Å². The van der Waals surface area contributed by atoms with Gasteiger partial charge in [-0.25, -0.2) is 4.98 Å². The van der Waals surface area contributed by atoms with Gasteiger partial charge in [-0.2, -0.15) is 0 Å². The van der Waals surface area contributed by atoms with Crippen LogP contribution < -0.4 is 10.1 Å². The molecule has 0 aliphatic rings. The van der Waals surface area contributed by atoms with Gasteiger partial charge in [0.15, 0.2) is 0 Å².